The first-order valence-corrected chi connectivity index (χ1v) is 24.3. The molecule has 0 aliphatic heterocycles. The smallest absolute Gasteiger partial charge is 0.136 e. The van der Waals surface area contributed by atoms with Crippen molar-refractivity contribution in [1.82, 2.24) is 4.57 Å². The maximum Gasteiger partial charge on any atom is 0.136 e. The molecule has 71 heavy (non-hydrogen) atoms. The Kier molecular flexibility index (Phi) is 9.53. The van der Waals surface area contributed by atoms with Gasteiger partial charge in [-0.1, -0.05) is 176 Å². The van der Waals surface area contributed by atoms with Gasteiger partial charge in [-0.05, 0) is 151 Å². The maximum atomic E-state index is 6.47. The summed E-state index contributed by atoms with van der Waals surface area (Å²) in [4.78, 5) is 2.40. The molecule has 0 amide bonds. The number of hydrogen-bond donors (Lipinski definition) is 0. The van der Waals surface area contributed by atoms with Crippen LogP contribution in [0.5, 0.6) is 0 Å². The summed E-state index contributed by atoms with van der Waals surface area (Å²) >= 11 is 0. The van der Waals surface area contributed by atoms with Gasteiger partial charge in [-0.15, -0.1) is 0 Å². The van der Waals surface area contributed by atoms with Gasteiger partial charge in [-0.25, -0.2) is 0 Å². The highest BCUT2D eigenvalue weighted by molar-refractivity contribution is 6.12. The van der Waals surface area contributed by atoms with E-state index in [9.17, 15) is 0 Å². The highest BCUT2D eigenvalue weighted by Gasteiger charge is 2.20. The van der Waals surface area contributed by atoms with Gasteiger partial charge in [-0.3, -0.25) is 0 Å². The monoisotopic (exact) mass is 904 g/mol. The summed E-state index contributed by atoms with van der Waals surface area (Å²) in [5.41, 5.74) is 17.8. The first-order chi connectivity index (χ1) is 35.2. The number of nitrogens with zero attached hydrogens (tertiary/aromatic N) is 2. The fourth-order valence-electron chi connectivity index (χ4n) is 10.8. The molecule has 3 heteroatoms. The zero-order valence-electron chi connectivity index (χ0n) is 38.7. The zero-order chi connectivity index (χ0) is 46.8. The van der Waals surface area contributed by atoms with Gasteiger partial charge in [0, 0.05) is 44.2 Å². The first-order valence-electron chi connectivity index (χ1n) is 24.3. The van der Waals surface area contributed by atoms with E-state index in [1.165, 1.54) is 60.0 Å². The van der Waals surface area contributed by atoms with Crippen LogP contribution in [0.25, 0.3) is 115 Å². The summed E-state index contributed by atoms with van der Waals surface area (Å²) < 4.78 is 8.85. The second-order valence-electron chi connectivity index (χ2n) is 18.5. The quantitative estimate of drug-likeness (QED) is 0.151. The van der Waals surface area contributed by atoms with E-state index in [1.54, 1.807) is 0 Å². The lowest BCUT2D eigenvalue weighted by atomic mass is 9.96. The van der Waals surface area contributed by atoms with Crippen molar-refractivity contribution in [1.29, 1.82) is 0 Å². The second kappa shape index (κ2) is 16.7. The number of rotatable bonds is 8. The lowest BCUT2D eigenvalue weighted by Crippen LogP contribution is -2.11. The SMILES string of the molecule is c1cc(-c2ccc(N(c3ccc(-c4cccc(-n5c6ccccc6c6ccccc65)c4)cc3)c3ccccc3-c3ccc4oc5cc6ccccc6cc5c4c3)cc2)cc(-c2ccc3ccccc3c2)c1. The third-order valence-corrected chi connectivity index (χ3v) is 14.3. The van der Waals surface area contributed by atoms with E-state index in [-0.39, 0.29) is 0 Å². The van der Waals surface area contributed by atoms with Crippen LogP contribution in [-0.4, -0.2) is 4.57 Å². The molecule has 0 saturated carbocycles. The van der Waals surface area contributed by atoms with Crippen molar-refractivity contribution in [3.63, 3.8) is 0 Å². The zero-order valence-corrected chi connectivity index (χ0v) is 38.7. The minimum atomic E-state index is 0.881. The second-order valence-corrected chi connectivity index (χ2v) is 18.5. The molecular formula is C68H44N2O. The van der Waals surface area contributed by atoms with E-state index in [4.69, 9.17) is 4.42 Å². The number of fused-ring (bicyclic) bond motifs is 8. The third kappa shape index (κ3) is 7.06. The van der Waals surface area contributed by atoms with E-state index in [2.05, 4.69) is 276 Å². The highest BCUT2D eigenvalue weighted by Crippen LogP contribution is 2.44. The number of hydrogen-bond acceptors (Lipinski definition) is 2. The van der Waals surface area contributed by atoms with Gasteiger partial charge in [0.1, 0.15) is 11.2 Å². The van der Waals surface area contributed by atoms with Crippen molar-refractivity contribution in [2.75, 3.05) is 4.90 Å². The molecule has 3 nitrogen and oxygen atoms in total. The Labute approximate surface area is 411 Å². The van der Waals surface area contributed by atoms with E-state index in [1.807, 2.05) is 0 Å². The van der Waals surface area contributed by atoms with Crippen molar-refractivity contribution < 1.29 is 4.42 Å². The molecule has 0 bridgehead atoms. The minimum Gasteiger partial charge on any atom is -0.456 e. The predicted molar refractivity (Wildman–Crippen MR) is 299 cm³/mol. The van der Waals surface area contributed by atoms with Gasteiger partial charge in [0.25, 0.3) is 0 Å². The molecule has 14 aromatic rings. The van der Waals surface area contributed by atoms with Crippen LogP contribution in [-0.2, 0) is 0 Å². The summed E-state index contributed by atoms with van der Waals surface area (Å²) in [7, 11) is 0. The van der Waals surface area contributed by atoms with E-state index >= 15 is 0 Å². The van der Waals surface area contributed by atoms with Gasteiger partial charge in [0.15, 0.2) is 0 Å². The van der Waals surface area contributed by atoms with Crippen molar-refractivity contribution in [3.8, 4) is 50.2 Å². The molecule has 2 heterocycles. The number of aromatic nitrogens is 1. The molecule has 0 aliphatic rings. The van der Waals surface area contributed by atoms with E-state index < -0.39 is 0 Å². The van der Waals surface area contributed by atoms with Gasteiger partial charge in [-0.2, -0.15) is 0 Å². The highest BCUT2D eigenvalue weighted by atomic mass is 16.3. The molecule has 0 atom stereocenters. The van der Waals surface area contributed by atoms with Gasteiger partial charge in [0.2, 0.25) is 0 Å². The molecule has 14 rings (SSSR count). The summed E-state index contributed by atoms with van der Waals surface area (Å²) in [5.74, 6) is 0. The molecule has 0 saturated heterocycles. The van der Waals surface area contributed by atoms with Gasteiger partial charge >= 0.3 is 0 Å². The minimum absolute atomic E-state index is 0.881. The first kappa shape index (κ1) is 40.6. The van der Waals surface area contributed by atoms with E-state index in [0.29, 0.717) is 0 Å². The van der Waals surface area contributed by atoms with Gasteiger partial charge in [0.05, 0.1) is 16.7 Å². The molecule has 0 aliphatic carbocycles. The predicted octanol–water partition coefficient (Wildman–Crippen LogP) is 19.1. The van der Waals surface area contributed by atoms with Crippen LogP contribution in [0, 0.1) is 0 Å². The molecule has 0 N–H and O–H groups in total. The normalized spacial score (nSPS) is 11.7. The fourth-order valence-corrected chi connectivity index (χ4v) is 10.8. The van der Waals surface area contributed by atoms with Crippen molar-refractivity contribution in [2.24, 2.45) is 0 Å². The Morgan fingerprint density at radius 2 is 0.789 bits per heavy atom. The van der Waals surface area contributed by atoms with Crippen LogP contribution in [0.4, 0.5) is 17.1 Å². The topological polar surface area (TPSA) is 21.3 Å². The Bertz CT molecular complexity index is 4290. The summed E-state index contributed by atoms with van der Waals surface area (Å²) in [6.07, 6.45) is 0. The number of para-hydroxylation sites is 3. The standard InChI is InChI=1S/C68H44N2O/c1-2-14-48-40-54(28-27-45(48)13-1)50-18-11-17-49(39-50)46-29-34-56(35-30-46)69(64-24-8-5-21-59(64)55-33-38-67-62(43-55)63-42-52-15-3-4-16-53(52)44-68(63)71-67)57-36-31-47(32-37-57)51-19-12-20-58(41-51)70-65-25-9-6-22-60(65)61-23-7-10-26-66(61)70/h1-44H. The summed E-state index contributed by atoms with van der Waals surface area (Å²) in [5, 5.41) is 9.60. The Morgan fingerprint density at radius 3 is 1.49 bits per heavy atom. The molecule has 12 aromatic carbocycles. The largest absolute Gasteiger partial charge is 0.456 e. The average Bonchev–Trinajstić information content (AvgIpc) is 3.97. The number of anilines is 3. The molecule has 0 radical (unpaired) electrons. The van der Waals surface area contributed by atoms with Crippen LogP contribution in [0.2, 0.25) is 0 Å². The van der Waals surface area contributed by atoms with Gasteiger partial charge < -0.3 is 13.9 Å². The van der Waals surface area contributed by atoms with Crippen molar-refractivity contribution in [2.45, 2.75) is 0 Å². The molecular weight excluding hydrogens is 861 g/mol. The van der Waals surface area contributed by atoms with Crippen LogP contribution >= 0.6 is 0 Å². The number of benzene rings is 12. The van der Waals surface area contributed by atoms with Crippen LogP contribution in [0.1, 0.15) is 0 Å². The lowest BCUT2D eigenvalue weighted by molar-refractivity contribution is 0.669. The Morgan fingerprint density at radius 1 is 0.282 bits per heavy atom. The fraction of sp³-hybridized carbons (Fsp3) is 0. The molecule has 0 unspecified atom stereocenters. The Hall–Kier alpha value is -9.44. The summed E-state index contributed by atoms with van der Waals surface area (Å²) in [6, 6.07) is 96.8. The molecule has 0 spiro atoms. The lowest BCUT2D eigenvalue weighted by Gasteiger charge is -2.28. The molecule has 2 aromatic heterocycles. The molecule has 0 fully saturated rings. The van der Waals surface area contributed by atoms with Crippen molar-refractivity contribution in [3.05, 3.63) is 267 Å². The van der Waals surface area contributed by atoms with E-state index in [0.717, 1.165) is 72.5 Å². The van der Waals surface area contributed by atoms with Crippen LogP contribution in [0.3, 0.4) is 0 Å². The third-order valence-electron chi connectivity index (χ3n) is 14.3. The maximum absolute atomic E-state index is 6.47. The summed E-state index contributed by atoms with van der Waals surface area (Å²) in [6.45, 7) is 0. The van der Waals surface area contributed by atoms with Crippen LogP contribution in [0.15, 0.2) is 271 Å². The van der Waals surface area contributed by atoms with Crippen LogP contribution < -0.4 is 4.90 Å². The molecule has 332 valence electrons. The van der Waals surface area contributed by atoms with Crippen molar-refractivity contribution >= 4 is 82.4 Å². The average molecular weight is 905 g/mol. The Balaban J connectivity index is 0.870. The number of furan rings is 1.